The van der Waals surface area contributed by atoms with Crippen LogP contribution in [0.15, 0.2) is 12.1 Å². The second-order valence-electron chi connectivity index (χ2n) is 4.13. The molecule has 1 aromatic carbocycles. The average molecular weight is 293 g/mol. The van der Waals surface area contributed by atoms with E-state index in [4.69, 9.17) is 28.9 Å². The quantitative estimate of drug-likeness (QED) is 0.824. The van der Waals surface area contributed by atoms with Crippen molar-refractivity contribution in [1.29, 1.82) is 0 Å². The van der Waals surface area contributed by atoms with Crippen molar-refractivity contribution in [3.05, 3.63) is 22.2 Å². The monoisotopic (exact) mass is 292 g/mol. The minimum atomic E-state index is -0.659. The van der Waals surface area contributed by atoms with Crippen LogP contribution < -0.4 is 11.1 Å². The second kappa shape index (κ2) is 5.46. The molecule has 1 saturated heterocycles. The Morgan fingerprint density at radius 1 is 1.24 bits per heavy atom. The minimum Gasteiger partial charge on any atom is -0.399 e. The molecule has 0 aliphatic carbocycles. The molecule has 0 amide bonds. The molecule has 6 heteroatoms. The fourth-order valence-corrected chi connectivity index (χ4v) is 3.78. The maximum atomic E-state index is 11.3. The first kappa shape index (κ1) is 13.0. The van der Waals surface area contributed by atoms with E-state index in [2.05, 4.69) is 5.32 Å². The number of nitrogens with two attached hydrogens (primary N) is 1. The van der Waals surface area contributed by atoms with Crippen molar-refractivity contribution in [3.8, 4) is 0 Å². The minimum absolute atomic E-state index is 0.284. The van der Waals surface area contributed by atoms with Gasteiger partial charge in [0, 0.05) is 34.0 Å². The van der Waals surface area contributed by atoms with Crippen LogP contribution >= 0.6 is 23.2 Å². The molecule has 0 atom stereocenters. The highest BCUT2D eigenvalue weighted by atomic mass is 35.5. The topological polar surface area (TPSA) is 55.1 Å². The number of hydrogen-bond donors (Lipinski definition) is 2. The van der Waals surface area contributed by atoms with Crippen LogP contribution in [-0.2, 0) is 10.8 Å². The van der Waals surface area contributed by atoms with Crippen LogP contribution in [0, 0.1) is 0 Å². The van der Waals surface area contributed by atoms with Gasteiger partial charge in [0.25, 0.3) is 0 Å². The van der Waals surface area contributed by atoms with Gasteiger partial charge in [-0.1, -0.05) is 23.2 Å². The number of nitrogens with one attached hydrogen (secondary N) is 1. The Hall–Kier alpha value is -0.450. The van der Waals surface area contributed by atoms with Gasteiger partial charge in [0.2, 0.25) is 0 Å². The van der Waals surface area contributed by atoms with Crippen LogP contribution in [0.3, 0.4) is 0 Å². The lowest BCUT2D eigenvalue weighted by Gasteiger charge is -2.24. The highest BCUT2D eigenvalue weighted by Crippen LogP contribution is 2.34. The highest BCUT2D eigenvalue weighted by molar-refractivity contribution is 7.85. The molecule has 2 rings (SSSR count). The van der Waals surface area contributed by atoms with E-state index in [1.165, 1.54) is 0 Å². The van der Waals surface area contributed by atoms with Gasteiger partial charge in [0.1, 0.15) is 0 Å². The standard InChI is InChI=1S/C11H14Cl2N2OS/c12-9-5-7(14)6-10(13)11(9)15-8-1-3-17(16)4-2-8/h5-6,8,15H,1-4,14H2. The van der Waals surface area contributed by atoms with Gasteiger partial charge < -0.3 is 11.1 Å². The van der Waals surface area contributed by atoms with Gasteiger partial charge in [-0.25, -0.2) is 0 Å². The number of nitrogen functional groups attached to an aromatic ring is 1. The molecule has 1 fully saturated rings. The maximum Gasteiger partial charge on any atom is 0.0722 e. The van der Waals surface area contributed by atoms with Gasteiger partial charge >= 0.3 is 0 Å². The van der Waals surface area contributed by atoms with E-state index in [1.807, 2.05) is 0 Å². The van der Waals surface area contributed by atoms with Crippen molar-refractivity contribution in [1.82, 2.24) is 0 Å². The summed E-state index contributed by atoms with van der Waals surface area (Å²) in [6.07, 6.45) is 1.76. The normalized spacial score (nSPS) is 24.6. The zero-order valence-electron chi connectivity index (χ0n) is 9.21. The van der Waals surface area contributed by atoms with Gasteiger partial charge in [-0.2, -0.15) is 0 Å². The van der Waals surface area contributed by atoms with Crippen molar-refractivity contribution in [2.24, 2.45) is 0 Å². The van der Waals surface area contributed by atoms with Crippen molar-refractivity contribution >= 4 is 45.4 Å². The number of rotatable bonds is 2. The summed E-state index contributed by atoms with van der Waals surface area (Å²) in [5, 5.41) is 4.37. The summed E-state index contributed by atoms with van der Waals surface area (Å²) in [6, 6.07) is 3.64. The van der Waals surface area contributed by atoms with E-state index in [9.17, 15) is 4.21 Å². The third-order valence-electron chi connectivity index (χ3n) is 2.80. The average Bonchev–Trinajstić information content (AvgIpc) is 2.26. The maximum absolute atomic E-state index is 11.3. The van der Waals surface area contributed by atoms with E-state index in [1.54, 1.807) is 12.1 Å². The molecular weight excluding hydrogens is 279 g/mol. The van der Waals surface area contributed by atoms with Crippen LogP contribution in [0.5, 0.6) is 0 Å². The predicted molar refractivity (Wildman–Crippen MR) is 75.4 cm³/mol. The molecule has 1 heterocycles. The second-order valence-corrected chi connectivity index (χ2v) is 6.64. The Morgan fingerprint density at radius 2 is 1.76 bits per heavy atom. The van der Waals surface area contributed by atoms with E-state index in [0.29, 0.717) is 15.7 Å². The fourth-order valence-electron chi connectivity index (χ4n) is 1.87. The predicted octanol–water partition coefficient (Wildman–Crippen LogP) is 2.90. The van der Waals surface area contributed by atoms with Crippen molar-refractivity contribution < 1.29 is 4.21 Å². The Morgan fingerprint density at radius 3 is 2.29 bits per heavy atom. The van der Waals surface area contributed by atoms with Gasteiger partial charge in [-0.15, -0.1) is 0 Å². The van der Waals surface area contributed by atoms with E-state index >= 15 is 0 Å². The summed E-state index contributed by atoms with van der Waals surface area (Å²) in [7, 11) is -0.659. The lowest BCUT2D eigenvalue weighted by molar-refractivity contribution is 0.624. The van der Waals surface area contributed by atoms with Crippen molar-refractivity contribution in [3.63, 3.8) is 0 Å². The van der Waals surface area contributed by atoms with Crippen molar-refractivity contribution in [2.45, 2.75) is 18.9 Å². The fraction of sp³-hybridized carbons (Fsp3) is 0.455. The first-order valence-electron chi connectivity index (χ1n) is 5.42. The number of hydrogen-bond acceptors (Lipinski definition) is 3. The Balaban J connectivity index is 2.11. The summed E-state index contributed by atoms with van der Waals surface area (Å²) in [5.74, 6) is 1.48. The van der Waals surface area contributed by atoms with E-state index in [0.717, 1.165) is 30.0 Å². The number of benzene rings is 1. The molecule has 17 heavy (non-hydrogen) atoms. The molecule has 1 aliphatic rings. The lowest BCUT2D eigenvalue weighted by Crippen LogP contribution is -2.29. The molecule has 3 nitrogen and oxygen atoms in total. The number of halogens is 2. The highest BCUT2D eigenvalue weighted by Gasteiger charge is 2.19. The van der Waals surface area contributed by atoms with Crippen LogP contribution in [0.25, 0.3) is 0 Å². The van der Waals surface area contributed by atoms with Crippen LogP contribution in [-0.4, -0.2) is 21.8 Å². The van der Waals surface area contributed by atoms with Crippen LogP contribution in [0.2, 0.25) is 10.0 Å². The van der Waals surface area contributed by atoms with E-state index in [-0.39, 0.29) is 6.04 Å². The Labute approximate surface area is 113 Å². The zero-order valence-corrected chi connectivity index (χ0v) is 11.5. The molecule has 0 bridgehead atoms. The Kier molecular flexibility index (Phi) is 4.17. The van der Waals surface area contributed by atoms with Crippen molar-refractivity contribution in [2.75, 3.05) is 22.6 Å². The third-order valence-corrected chi connectivity index (χ3v) is 4.78. The summed E-state index contributed by atoms with van der Waals surface area (Å²) in [6.45, 7) is 0. The molecule has 0 saturated carbocycles. The first-order chi connectivity index (χ1) is 8.06. The summed E-state index contributed by atoms with van der Waals surface area (Å²) < 4.78 is 11.3. The summed E-state index contributed by atoms with van der Waals surface area (Å²) in [5.41, 5.74) is 6.92. The number of anilines is 2. The molecular formula is C11H14Cl2N2OS. The van der Waals surface area contributed by atoms with E-state index < -0.39 is 10.8 Å². The Bertz CT molecular complexity index is 420. The molecule has 0 aromatic heterocycles. The molecule has 0 unspecified atom stereocenters. The van der Waals surface area contributed by atoms with Gasteiger partial charge in [0.05, 0.1) is 15.7 Å². The first-order valence-corrected chi connectivity index (χ1v) is 7.66. The molecule has 1 aromatic rings. The SMILES string of the molecule is Nc1cc(Cl)c(NC2CCS(=O)CC2)c(Cl)c1. The molecule has 0 radical (unpaired) electrons. The van der Waals surface area contributed by atoms with Gasteiger partial charge in [-0.3, -0.25) is 4.21 Å². The van der Waals surface area contributed by atoms with Crippen LogP contribution in [0.1, 0.15) is 12.8 Å². The molecule has 3 N–H and O–H groups in total. The van der Waals surface area contributed by atoms with Gasteiger partial charge in [-0.05, 0) is 25.0 Å². The molecule has 0 spiro atoms. The smallest absolute Gasteiger partial charge is 0.0722 e. The largest absolute Gasteiger partial charge is 0.399 e. The third kappa shape index (κ3) is 3.27. The van der Waals surface area contributed by atoms with Crippen LogP contribution in [0.4, 0.5) is 11.4 Å². The molecule has 94 valence electrons. The summed E-state index contributed by atoms with van der Waals surface area (Å²) >= 11 is 12.2. The molecule has 1 aliphatic heterocycles. The lowest BCUT2D eigenvalue weighted by atomic mass is 10.1. The van der Waals surface area contributed by atoms with Gasteiger partial charge in [0.15, 0.2) is 0 Å². The summed E-state index contributed by atoms with van der Waals surface area (Å²) in [4.78, 5) is 0. The zero-order chi connectivity index (χ0) is 12.4.